The van der Waals surface area contributed by atoms with Gasteiger partial charge in [-0.15, -0.1) is 0 Å². The second kappa shape index (κ2) is 6.54. The standard InChI is InChI=1S/C14H23NO/c1-5-11(2)15-12(3)10-13-6-8-14(16-4)9-7-13/h6-9,11-12,15H,5,10H2,1-4H3. The summed E-state index contributed by atoms with van der Waals surface area (Å²) in [4.78, 5) is 0. The van der Waals surface area contributed by atoms with Crippen molar-refractivity contribution in [1.29, 1.82) is 0 Å². The van der Waals surface area contributed by atoms with Crippen LogP contribution < -0.4 is 10.1 Å². The van der Waals surface area contributed by atoms with Crippen LogP contribution in [0.3, 0.4) is 0 Å². The maximum atomic E-state index is 5.14. The summed E-state index contributed by atoms with van der Waals surface area (Å²) >= 11 is 0. The van der Waals surface area contributed by atoms with Gasteiger partial charge < -0.3 is 10.1 Å². The zero-order valence-electron chi connectivity index (χ0n) is 10.8. The first kappa shape index (κ1) is 13.0. The van der Waals surface area contributed by atoms with Gasteiger partial charge >= 0.3 is 0 Å². The van der Waals surface area contributed by atoms with Gasteiger partial charge in [-0.25, -0.2) is 0 Å². The Hall–Kier alpha value is -1.02. The van der Waals surface area contributed by atoms with Crippen LogP contribution >= 0.6 is 0 Å². The van der Waals surface area contributed by atoms with E-state index in [9.17, 15) is 0 Å². The summed E-state index contributed by atoms with van der Waals surface area (Å²) < 4.78 is 5.14. The zero-order valence-corrected chi connectivity index (χ0v) is 10.8. The van der Waals surface area contributed by atoms with Crippen molar-refractivity contribution in [2.45, 2.75) is 45.7 Å². The summed E-state index contributed by atoms with van der Waals surface area (Å²) in [5, 5.41) is 3.58. The van der Waals surface area contributed by atoms with Gasteiger partial charge in [0.25, 0.3) is 0 Å². The van der Waals surface area contributed by atoms with Crippen LogP contribution in [0.1, 0.15) is 32.8 Å². The predicted octanol–water partition coefficient (Wildman–Crippen LogP) is 3.01. The lowest BCUT2D eigenvalue weighted by molar-refractivity contribution is 0.414. The first-order valence-corrected chi connectivity index (χ1v) is 6.04. The van der Waals surface area contributed by atoms with Crippen molar-refractivity contribution in [3.63, 3.8) is 0 Å². The van der Waals surface area contributed by atoms with Gasteiger partial charge in [-0.05, 0) is 44.4 Å². The average molecular weight is 221 g/mol. The minimum atomic E-state index is 0.517. The molecule has 0 aliphatic rings. The van der Waals surface area contributed by atoms with E-state index in [1.165, 1.54) is 12.0 Å². The third kappa shape index (κ3) is 4.23. The summed E-state index contributed by atoms with van der Waals surface area (Å²) in [6.45, 7) is 6.67. The molecular formula is C14H23NO. The molecule has 2 nitrogen and oxygen atoms in total. The monoisotopic (exact) mass is 221 g/mol. The van der Waals surface area contributed by atoms with Crippen LogP contribution in [0.15, 0.2) is 24.3 Å². The van der Waals surface area contributed by atoms with E-state index in [0.717, 1.165) is 12.2 Å². The SMILES string of the molecule is CCC(C)NC(C)Cc1ccc(OC)cc1. The maximum Gasteiger partial charge on any atom is 0.118 e. The molecule has 1 N–H and O–H groups in total. The van der Waals surface area contributed by atoms with Crippen LogP contribution in [0.4, 0.5) is 0 Å². The first-order chi connectivity index (χ1) is 7.65. The first-order valence-electron chi connectivity index (χ1n) is 6.04. The van der Waals surface area contributed by atoms with E-state index in [0.29, 0.717) is 12.1 Å². The summed E-state index contributed by atoms with van der Waals surface area (Å²) in [6.07, 6.45) is 2.24. The highest BCUT2D eigenvalue weighted by Crippen LogP contribution is 2.12. The topological polar surface area (TPSA) is 21.3 Å². The molecule has 0 aliphatic carbocycles. The van der Waals surface area contributed by atoms with Crippen LogP contribution in [0.2, 0.25) is 0 Å². The van der Waals surface area contributed by atoms with Gasteiger partial charge in [0.1, 0.15) is 5.75 Å². The smallest absolute Gasteiger partial charge is 0.118 e. The van der Waals surface area contributed by atoms with Crippen molar-refractivity contribution >= 4 is 0 Å². The van der Waals surface area contributed by atoms with Crippen molar-refractivity contribution in [3.8, 4) is 5.75 Å². The fraction of sp³-hybridized carbons (Fsp3) is 0.571. The molecule has 1 aromatic rings. The van der Waals surface area contributed by atoms with E-state index < -0.39 is 0 Å². The molecule has 2 heteroatoms. The number of hydrogen-bond acceptors (Lipinski definition) is 2. The molecule has 0 bridgehead atoms. The summed E-state index contributed by atoms with van der Waals surface area (Å²) in [5.74, 6) is 0.922. The van der Waals surface area contributed by atoms with Crippen LogP contribution in [0.25, 0.3) is 0 Å². The number of methoxy groups -OCH3 is 1. The molecular weight excluding hydrogens is 198 g/mol. The van der Waals surface area contributed by atoms with Crippen LogP contribution in [-0.4, -0.2) is 19.2 Å². The molecule has 2 atom stereocenters. The van der Waals surface area contributed by atoms with Crippen LogP contribution in [-0.2, 0) is 6.42 Å². The van der Waals surface area contributed by atoms with Gasteiger partial charge in [0.05, 0.1) is 7.11 Å². The lowest BCUT2D eigenvalue weighted by Crippen LogP contribution is -2.35. The van der Waals surface area contributed by atoms with Crippen molar-refractivity contribution in [2.24, 2.45) is 0 Å². The highest BCUT2D eigenvalue weighted by Gasteiger charge is 2.06. The third-order valence-corrected chi connectivity index (χ3v) is 2.88. The number of hydrogen-bond donors (Lipinski definition) is 1. The number of nitrogens with one attached hydrogen (secondary N) is 1. The van der Waals surface area contributed by atoms with Gasteiger partial charge in [-0.1, -0.05) is 19.1 Å². The lowest BCUT2D eigenvalue weighted by atomic mass is 10.1. The molecule has 0 aromatic heterocycles. The van der Waals surface area contributed by atoms with Crippen LogP contribution in [0.5, 0.6) is 5.75 Å². The Balaban J connectivity index is 2.46. The molecule has 0 fully saturated rings. The van der Waals surface area contributed by atoms with Crippen molar-refractivity contribution in [2.75, 3.05) is 7.11 Å². The number of ether oxygens (including phenoxy) is 1. The highest BCUT2D eigenvalue weighted by atomic mass is 16.5. The Kier molecular flexibility index (Phi) is 5.33. The molecule has 16 heavy (non-hydrogen) atoms. The van der Waals surface area contributed by atoms with Gasteiger partial charge in [0.15, 0.2) is 0 Å². The molecule has 0 amide bonds. The summed E-state index contributed by atoms with van der Waals surface area (Å²) in [5.41, 5.74) is 1.35. The highest BCUT2D eigenvalue weighted by molar-refractivity contribution is 5.27. The maximum absolute atomic E-state index is 5.14. The fourth-order valence-corrected chi connectivity index (χ4v) is 1.78. The predicted molar refractivity (Wildman–Crippen MR) is 69.0 cm³/mol. The molecule has 0 spiro atoms. The van der Waals surface area contributed by atoms with E-state index in [1.807, 2.05) is 12.1 Å². The molecule has 90 valence electrons. The van der Waals surface area contributed by atoms with Crippen molar-refractivity contribution < 1.29 is 4.74 Å². The molecule has 2 unspecified atom stereocenters. The van der Waals surface area contributed by atoms with Gasteiger partial charge in [-0.3, -0.25) is 0 Å². The summed E-state index contributed by atoms with van der Waals surface area (Å²) in [6, 6.07) is 9.41. The second-order valence-electron chi connectivity index (χ2n) is 4.43. The Bertz CT molecular complexity index is 294. The number of rotatable bonds is 6. The quantitative estimate of drug-likeness (QED) is 0.797. The van der Waals surface area contributed by atoms with Crippen LogP contribution in [0, 0.1) is 0 Å². The van der Waals surface area contributed by atoms with Crippen molar-refractivity contribution in [1.82, 2.24) is 5.32 Å². The van der Waals surface area contributed by atoms with E-state index in [4.69, 9.17) is 4.74 Å². The van der Waals surface area contributed by atoms with Crippen molar-refractivity contribution in [3.05, 3.63) is 29.8 Å². The second-order valence-corrected chi connectivity index (χ2v) is 4.43. The largest absolute Gasteiger partial charge is 0.497 e. The van der Waals surface area contributed by atoms with Gasteiger partial charge in [-0.2, -0.15) is 0 Å². The Morgan fingerprint density at radius 2 is 1.75 bits per heavy atom. The van der Waals surface area contributed by atoms with Gasteiger partial charge in [0, 0.05) is 12.1 Å². The average Bonchev–Trinajstić information content (AvgIpc) is 2.29. The Labute approximate surface area is 99.0 Å². The number of benzene rings is 1. The molecule has 0 saturated heterocycles. The summed E-state index contributed by atoms with van der Waals surface area (Å²) in [7, 11) is 1.70. The molecule has 1 aromatic carbocycles. The minimum Gasteiger partial charge on any atom is -0.497 e. The van der Waals surface area contributed by atoms with E-state index in [1.54, 1.807) is 7.11 Å². The molecule has 0 aliphatic heterocycles. The van der Waals surface area contributed by atoms with E-state index in [2.05, 4.69) is 38.2 Å². The fourth-order valence-electron chi connectivity index (χ4n) is 1.78. The molecule has 0 saturated carbocycles. The molecule has 1 rings (SSSR count). The van der Waals surface area contributed by atoms with Gasteiger partial charge in [0.2, 0.25) is 0 Å². The minimum absolute atomic E-state index is 0.517. The third-order valence-electron chi connectivity index (χ3n) is 2.88. The molecule has 0 heterocycles. The van der Waals surface area contributed by atoms with E-state index in [-0.39, 0.29) is 0 Å². The van der Waals surface area contributed by atoms with E-state index >= 15 is 0 Å². The lowest BCUT2D eigenvalue weighted by Gasteiger charge is -2.18. The zero-order chi connectivity index (χ0) is 12.0. The molecule has 0 radical (unpaired) electrons. The Morgan fingerprint density at radius 1 is 1.12 bits per heavy atom. The normalized spacial score (nSPS) is 14.5. The Morgan fingerprint density at radius 3 is 2.25 bits per heavy atom.